The molecule has 0 radical (unpaired) electrons. The third-order valence-corrected chi connectivity index (χ3v) is 4.45. The molecular weight excluding hydrogens is 333 g/mol. The molecule has 4 nitrogen and oxygen atoms in total. The van der Waals surface area contributed by atoms with Crippen molar-refractivity contribution in [3.63, 3.8) is 0 Å². The normalized spacial score (nSPS) is 12.8. The third kappa shape index (κ3) is 4.75. The Balaban J connectivity index is 1.57. The van der Waals surface area contributed by atoms with Gasteiger partial charge in [0.1, 0.15) is 18.2 Å². The molecule has 1 aliphatic rings. The molecule has 0 spiro atoms. The highest BCUT2D eigenvalue weighted by molar-refractivity contribution is 5.69. The minimum absolute atomic E-state index is 0.174. The van der Waals surface area contributed by atoms with E-state index in [1.807, 2.05) is 0 Å². The fraction of sp³-hybridized carbons (Fsp3) is 0.381. The maximum Gasteiger partial charge on any atom is 0.306 e. The lowest BCUT2D eigenvalue weighted by Gasteiger charge is -2.18. The number of aryl methyl sites for hydroxylation is 2. The average molecular weight is 357 g/mol. The lowest BCUT2D eigenvalue weighted by Crippen LogP contribution is -2.12. The van der Waals surface area contributed by atoms with Gasteiger partial charge < -0.3 is 14.8 Å². The molecule has 0 saturated carbocycles. The zero-order valence-corrected chi connectivity index (χ0v) is 15.0. The number of hydrogen-bond acceptors (Lipinski definition) is 4. The van der Waals surface area contributed by atoms with Gasteiger partial charge in [0.05, 0.1) is 6.61 Å². The van der Waals surface area contributed by atoms with E-state index >= 15 is 0 Å². The van der Waals surface area contributed by atoms with Crippen LogP contribution in [0.15, 0.2) is 36.4 Å². The van der Waals surface area contributed by atoms with Crippen LogP contribution >= 0.6 is 0 Å². The molecule has 0 aliphatic carbocycles. The van der Waals surface area contributed by atoms with E-state index in [4.69, 9.17) is 9.47 Å². The van der Waals surface area contributed by atoms with Crippen LogP contribution in [0.25, 0.3) is 0 Å². The first kappa shape index (κ1) is 18.2. The lowest BCUT2D eigenvalue weighted by atomic mass is 10.0. The third-order valence-electron chi connectivity index (χ3n) is 4.45. The molecule has 0 amide bonds. The fourth-order valence-corrected chi connectivity index (χ4v) is 3.05. The smallest absolute Gasteiger partial charge is 0.306 e. The molecule has 0 unspecified atom stereocenters. The number of esters is 1. The number of rotatable bonds is 7. The highest BCUT2D eigenvalue weighted by atomic mass is 19.1. The Kier molecular flexibility index (Phi) is 6.10. The van der Waals surface area contributed by atoms with Crippen molar-refractivity contribution >= 4 is 11.7 Å². The fourth-order valence-electron chi connectivity index (χ4n) is 3.05. The van der Waals surface area contributed by atoms with Gasteiger partial charge >= 0.3 is 5.97 Å². The molecule has 0 saturated heterocycles. The molecule has 26 heavy (non-hydrogen) atoms. The predicted octanol–water partition coefficient (Wildman–Crippen LogP) is 4.26. The zero-order valence-electron chi connectivity index (χ0n) is 15.0. The quantitative estimate of drug-likeness (QED) is 0.752. The molecule has 138 valence electrons. The van der Waals surface area contributed by atoms with Gasteiger partial charge in [0, 0.05) is 24.7 Å². The predicted molar refractivity (Wildman–Crippen MR) is 98.9 cm³/mol. The number of hydrogen-bond donors (Lipinski definition) is 1. The molecule has 1 N–H and O–H groups in total. The number of carbonyl (C=O) groups excluding carboxylic acids is 1. The van der Waals surface area contributed by atoms with Gasteiger partial charge in [-0.05, 0) is 55.0 Å². The average Bonchev–Trinajstić information content (AvgIpc) is 2.65. The van der Waals surface area contributed by atoms with Crippen LogP contribution in [0.5, 0.6) is 5.75 Å². The summed E-state index contributed by atoms with van der Waals surface area (Å²) in [5.74, 6) is -0.194. The molecule has 1 aliphatic heterocycles. The van der Waals surface area contributed by atoms with Crippen LogP contribution in [-0.2, 0) is 29.0 Å². The van der Waals surface area contributed by atoms with Crippen molar-refractivity contribution in [2.24, 2.45) is 0 Å². The Hall–Kier alpha value is -2.56. The minimum Gasteiger partial charge on any atom is -0.489 e. The maximum atomic E-state index is 14.2. The van der Waals surface area contributed by atoms with Gasteiger partial charge in [0.2, 0.25) is 0 Å². The Morgan fingerprint density at radius 2 is 2.12 bits per heavy atom. The lowest BCUT2D eigenvalue weighted by molar-refractivity contribution is -0.143. The van der Waals surface area contributed by atoms with Crippen molar-refractivity contribution in [1.82, 2.24) is 0 Å². The van der Waals surface area contributed by atoms with E-state index in [1.54, 1.807) is 19.1 Å². The second kappa shape index (κ2) is 8.70. The first-order valence-corrected chi connectivity index (χ1v) is 9.08. The van der Waals surface area contributed by atoms with Crippen LogP contribution in [0.1, 0.15) is 36.5 Å². The first-order valence-electron chi connectivity index (χ1n) is 9.08. The highest BCUT2D eigenvalue weighted by Gasteiger charge is 2.10. The van der Waals surface area contributed by atoms with Gasteiger partial charge in [-0.25, -0.2) is 4.39 Å². The SMILES string of the molecule is CCOC(=O)CCc1ccc(OCc2ccc3c(c2)NCCC3)cc1F. The van der Waals surface area contributed by atoms with Crippen LogP contribution in [0.2, 0.25) is 0 Å². The Morgan fingerprint density at radius 3 is 2.92 bits per heavy atom. The Bertz CT molecular complexity index is 776. The number of nitrogens with one attached hydrogen (secondary N) is 1. The van der Waals surface area contributed by atoms with Crippen LogP contribution in [0.3, 0.4) is 0 Å². The molecule has 2 aromatic rings. The van der Waals surface area contributed by atoms with E-state index in [9.17, 15) is 9.18 Å². The highest BCUT2D eigenvalue weighted by Crippen LogP contribution is 2.24. The number of ether oxygens (including phenoxy) is 2. The van der Waals surface area contributed by atoms with Crippen molar-refractivity contribution < 1.29 is 18.7 Å². The van der Waals surface area contributed by atoms with Crippen molar-refractivity contribution in [2.75, 3.05) is 18.5 Å². The molecule has 3 rings (SSSR count). The van der Waals surface area contributed by atoms with Crippen molar-refractivity contribution in [3.05, 3.63) is 58.9 Å². The van der Waals surface area contributed by atoms with Crippen LogP contribution in [0, 0.1) is 5.82 Å². The molecule has 0 aromatic heterocycles. The molecule has 2 aromatic carbocycles. The van der Waals surface area contributed by atoms with E-state index in [-0.39, 0.29) is 18.2 Å². The molecule has 0 atom stereocenters. The number of anilines is 1. The van der Waals surface area contributed by atoms with Gasteiger partial charge in [-0.3, -0.25) is 4.79 Å². The summed E-state index contributed by atoms with van der Waals surface area (Å²) in [5.41, 5.74) is 4.03. The van der Waals surface area contributed by atoms with Gasteiger partial charge in [-0.1, -0.05) is 18.2 Å². The van der Waals surface area contributed by atoms with Crippen LogP contribution < -0.4 is 10.1 Å². The summed E-state index contributed by atoms with van der Waals surface area (Å²) in [5, 5.41) is 3.40. The Labute approximate surface area is 153 Å². The first-order chi connectivity index (χ1) is 12.7. The summed E-state index contributed by atoms with van der Waals surface area (Å²) in [4.78, 5) is 11.4. The number of carbonyl (C=O) groups is 1. The van der Waals surface area contributed by atoms with Crippen molar-refractivity contribution in [3.8, 4) is 5.75 Å². The zero-order chi connectivity index (χ0) is 18.4. The molecule has 5 heteroatoms. The summed E-state index contributed by atoms with van der Waals surface area (Å²) in [7, 11) is 0. The van der Waals surface area contributed by atoms with Crippen molar-refractivity contribution in [1.29, 1.82) is 0 Å². The van der Waals surface area contributed by atoms with E-state index in [0.29, 0.717) is 30.9 Å². The number of benzene rings is 2. The van der Waals surface area contributed by atoms with E-state index in [2.05, 4.69) is 23.5 Å². The number of halogens is 1. The largest absolute Gasteiger partial charge is 0.489 e. The molecule has 1 heterocycles. The van der Waals surface area contributed by atoms with E-state index < -0.39 is 0 Å². The number of fused-ring (bicyclic) bond motifs is 1. The van der Waals surface area contributed by atoms with E-state index in [0.717, 1.165) is 30.6 Å². The molecular formula is C21H24FNO3. The summed E-state index contributed by atoms with van der Waals surface area (Å²) in [6.07, 6.45) is 2.75. The topological polar surface area (TPSA) is 47.6 Å². The van der Waals surface area contributed by atoms with Gasteiger partial charge in [0.25, 0.3) is 0 Å². The van der Waals surface area contributed by atoms with Gasteiger partial charge in [-0.15, -0.1) is 0 Å². The summed E-state index contributed by atoms with van der Waals surface area (Å²) >= 11 is 0. The van der Waals surface area contributed by atoms with Gasteiger partial charge in [-0.2, -0.15) is 0 Å². The summed E-state index contributed by atoms with van der Waals surface area (Å²) in [6.45, 7) is 3.47. The van der Waals surface area contributed by atoms with Crippen LogP contribution in [-0.4, -0.2) is 19.1 Å². The second-order valence-corrected chi connectivity index (χ2v) is 6.37. The Morgan fingerprint density at radius 1 is 1.23 bits per heavy atom. The minimum atomic E-state index is -0.362. The molecule has 0 bridgehead atoms. The summed E-state index contributed by atoms with van der Waals surface area (Å²) in [6, 6.07) is 11.0. The monoisotopic (exact) mass is 357 g/mol. The standard InChI is InChI=1S/C21H24FNO3/c1-2-25-21(24)10-8-16-7-9-18(13-19(16)22)26-14-15-5-6-17-4-3-11-23-20(17)12-15/h5-7,9,12-13,23H,2-4,8,10-11,14H2,1H3. The molecule has 0 fully saturated rings. The summed E-state index contributed by atoms with van der Waals surface area (Å²) < 4.78 is 24.8. The van der Waals surface area contributed by atoms with Crippen molar-refractivity contribution in [2.45, 2.75) is 39.2 Å². The van der Waals surface area contributed by atoms with E-state index in [1.165, 1.54) is 11.6 Å². The maximum absolute atomic E-state index is 14.2. The van der Waals surface area contributed by atoms with Gasteiger partial charge in [0.15, 0.2) is 0 Å². The van der Waals surface area contributed by atoms with Crippen LogP contribution in [0.4, 0.5) is 10.1 Å². The second-order valence-electron chi connectivity index (χ2n) is 6.37.